The van der Waals surface area contributed by atoms with Gasteiger partial charge in [0.2, 0.25) is 0 Å². The summed E-state index contributed by atoms with van der Waals surface area (Å²) in [5.74, 6) is -0.479. The fourth-order valence-electron chi connectivity index (χ4n) is 2.17. The Morgan fingerprint density at radius 3 is 2.92 bits per heavy atom. The highest BCUT2D eigenvalue weighted by Gasteiger charge is 2.15. The number of halogens is 1. The maximum Gasteiger partial charge on any atom is 0.340 e. The van der Waals surface area contributed by atoms with E-state index in [9.17, 15) is 9.59 Å². The lowest BCUT2D eigenvalue weighted by atomic mass is 10.1. The number of fused-ring (bicyclic) bond motifs is 1. The van der Waals surface area contributed by atoms with Crippen molar-refractivity contribution in [2.75, 3.05) is 6.61 Å². The van der Waals surface area contributed by atoms with Gasteiger partial charge in [-0.3, -0.25) is 9.78 Å². The standard InChI is InChI=1S/C17H13ClN2O4/c18-12-7-11-3-1-5-19-16(11)14(8-12)17(22)24-10-15(21)20-9-13-4-2-6-23-13/h1-8H,9-10H2,(H,20,21). The third kappa shape index (κ3) is 3.72. The maximum absolute atomic E-state index is 12.2. The van der Waals surface area contributed by atoms with Crippen molar-refractivity contribution in [2.45, 2.75) is 6.54 Å². The van der Waals surface area contributed by atoms with Gasteiger partial charge in [-0.2, -0.15) is 0 Å². The number of nitrogens with one attached hydrogen (secondary N) is 1. The second kappa shape index (κ2) is 7.14. The maximum atomic E-state index is 12.2. The van der Waals surface area contributed by atoms with Crippen LogP contribution in [-0.4, -0.2) is 23.5 Å². The lowest BCUT2D eigenvalue weighted by Crippen LogP contribution is -2.28. The molecule has 2 heterocycles. The van der Waals surface area contributed by atoms with Crippen molar-refractivity contribution in [3.8, 4) is 0 Å². The highest BCUT2D eigenvalue weighted by molar-refractivity contribution is 6.32. The molecule has 7 heteroatoms. The Morgan fingerprint density at radius 2 is 2.12 bits per heavy atom. The Hall–Kier alpha value is -2.86. The minimum atomic E-state index is -0.658. The van der Waals surface area contributed by atoms with Gasteiger partial charge in [0.15, 0.2) is 6.61 Å². The zero-order valence-corrected chi connectivity index (χ0v) is 13.2. The summed E-state index contributed by atoms with van der Waals surface area (Å²) in [5.41, 5.74) is 0.694. The Balaban J connectivity index is 1.64. The van der Waals surface area contributed by atoms with E-state index in [1.807, 2.05) is 0 Å². The van der Waals surface area contributed by atoms with E-state index < -0.39 is 18.5 Å². The molecule has 122 valence electrons. The first-order valence-corrected chi connectivity index (χ1v) is 7.52. The quantitative estimate of drug-likeness (QED) is 0.720. The molecule has 0 bridgehead atoms. The van der Waals surface area contributed by atoms with E-state index in [1.54, 1.807) is 36.5 Å². The molecule has 0 atom stereocenters. The molecule has 0 aliphatic carbocycles. The van der Waals surface area contributed by atoms with Gasteiger partial charge in [0.25, 0.3) is 5.91 Å². The highest BCUT2D eigenvalue weighted by Crippen LogP contribution is 2.22. The van der Waals surface area contributed by atoms with Crippen LogP contribution >= 0.6 is 11.6 Å². The second-order valence-corrected chi connectivity index (χ2v) is 5.40. The van der Waals surface area contributed by atoms with E-state index in [4.69, 9.17) is 20.8 Å². The van der Waals surface area contributed by atoms with Gasteiger partial charge in [0, 0.05) is 16.6 Å². The minimum Gasteiger partial charge on any atom is -0.467 e. The zero-order chi connectivity index (χ0) is 16.9. The molecule has 0 unspecified atom stereocenters. The number of hydrogen-bond donors (Lipinski definition) is 1. The first kappa shape index (κ1) is 16.0. The molecule has 0 aliphatic rings. The van der Waals surface area contributed by atoms with E-state index in [0.717, 1.165) is 5.39 Å². The summed E-state index contributed by atoms with van der Waals surface area (Å²) >= 11 is 6.01. The van der Waals surface area contributed by atoms with Crippen LogP contribution in [0.4, 0.5) is 0 Å². The molecule has 1 N–H and O–H groups in total. The number of amides is 1. The first-order chi connectivity index (χ1) is 11.6. The Bertz CT molecular complexity index is 877. The Labute approximate surface area is 142 Å². The number of furan rings is 1. The van der Waals surface area contributed by atoms with Crippen LogP contribution in [0.1, 0.15) is 16.1 Å². The van der Waals surface area contributed by atoms with Crippen molar-refractivity contribution in [1.29, 1.82) is 0 Å². The number of benzene rings is 1. The lowest BCUT2D eigenvalue weighted by Gasteiger charge is -2.08. The Kier molecular flexibility index (Phi) is 4.77. The van der Waals surface area contributed by atoms with Crippen LogP contribution < -0.4 is 5.32 Å². The third-order valence-corrected chi connectivity index (χ3v) is 3.48. The summed E-state index contributed by atoms with van der Waals surface area (Å²) in [7, 11) is 0. The van der Waals surface area contributed by atoms with Crippen molar-refractivity contribution in [1.82, 2.24) is 10.3 Å². The zero-order valence-electron chi connectivity index (χ0n) is 12.5. The number of carbonyl (C=O) groups is 2. The van der Waals surface area contributed by atoms with Crippen molar-refractivity contribution < 1.29 is 18.7 Å². The summed E-state index contributed by atoms with van der Waals surface area (Å²) in [5, 5.41) is 3.70. The van der Waals surface area contributed by atoms with E-state index in [0.29, 0.717) is 16.3 Å². The monoisotopic (exact) mass is 344 g/mol. The molecule has 1 amide bonds. The van der Waals surface area contributed by atoms with Crippen molar-refractivity contribution in [3.05, 3.63) is 65.2 Å². The minimum absolute atomic E-state index is 0.219. The van der Waals surface area contributed by atoms with Gasteiger partial charge in [-0.05, 0) is 30.3 Å². The average Bonchev–Trinajstić information content (AvgIpc) is 3.10. The fourth-order valence-corrected chi connectivity index (χ4v) is 2.40. The third-order valence-electron chi connectivity index (χ3n) is 3.26. The number of esters is 1. The van der Waals surface area contributed by atoms with Crippen LogP contribution in [0.15, 0.2) is 53.3 Å². The first-order valence-electron chi connectivity index (χ1n) is 7.14. The average molecular weight is 345 g/mol. The summed E-state index contributed by atoms with van der Waals surface area (Å²) in [4.78, 5) is 28.1. The molecule has 0 saturated carbocycles. The summed E-state index contributed by atoms with van der Waals surface area (Å²) in [6, 6.07) is 10.2. The number of rotatable bonds is 5. The largest absolute Gasteiger partial charge is 0.467 e. The molecule has 6 nitrogen and oxygen atoms in total. The van der Waals surface area contributed by atoms with Crippen LogP contribution in [0.3, 0.4) is 0 Å². The van der Waals surface area contributed by atoms with Gasteiger partial charge in [-0.15, -0.1) is 0 Å². The second-order valence-electron chi connectivity index (χ2n) is 4.96. The lowest BCUT2D eigenvalue weighted by molar-refractivity contribution is -0.124. The van der Waals surface area contributed by atoms with Gasteiger partial charge in [-0.1, -0.05) is 17.7 Å². The summed E-state index contributed by atoms with van der Waals surface area (Å²) < 4.78 is 10.1. The molecule has 0 aliphatic heterocycles. The molecule has 24 heavy (non-hydrogen) atoms. The van der Waals surface area contributed by atoms with Crippen molar-refractivity contribution >= 4 is 34.4 Å². The fraction of sp³-hybridized carbons (Fsp3) is 0.118. The summed E-state index contributed by atoms with van der Waals surface area (Å²) in [6.45, 7) is -0.175. The number of nitrogens with zero attached hydrogens (tertiary/aromatic N) is 1. The number of ether oxygens (including phenoxy) is 1. The molecule has 0 radical (unpaired) electrons. The summed E-state index contributed by atoms with van der Waals surface area (Å²) in [6.07, 6.45) is 3.09. The molecular weight excluding hydrogens is 332 g/mol. The molecule has 3 rings (SSSR count). The van der Waals surface area contributed by atoms with Gasteiger partial charge >= 0.3 is 5.97 Å². The van der Waals surface area contributed by atoms with E-state index in [1.165, 1.54) is 12.3 Å². The molecule has 1 aromatic carbocycles. The number of carbonyl (C=O) groups excluding carboxylic acids is 2. The van der Waals surface area contributed by atoms with E-state index in [-0.39, 0.29) is 12.1 Å². The molecule has 2 aromatic heterocycles. The predicted octanol–water partition coefficient (Wildman–Crippen LogP) is 2.95. The topological polar surface area (TPSA) is 81.4 Å². The predicted molar refractivity (Wildman–Crippen MR) is 87.6 cm³/mol. The smallest absolute Gasteiger partial charge is 0.340 e. The molecular formula is C17H13ClN2O4. The van der Waals surface area contributed by atoms with Crippen LogP contribution in [0.5, 0.6) is 0 Å². The highest BCUT2D eigenvalue weighted by atomic mass is 35.5. The molecule has 0 spiro atoms. The van der Waals surface area contributed by atoms with Crippen molar-refractivity contribution in [2.24, 2.45) is 0 Å². The van der Waals surface area contributed by atoms with E-state index >= 15 is 0 Å². The van der Waals surface area contributed by atoms with Crippen molar-refractivity contribution in [3.63, 3.8) is 0 Å². The van der Waals surface area contributed by atoms with Crippen LogP contribution in [0.2, 0.25) is 5.02 Å². The number of aromatic nitrogens is 1. The normalized spacial score (nSPS) is 10.5. The SMILES string of the molecule is O=C(COC(=O)c1cc(Cl)cc2cccnc12)NCc1ccco1. The van der Waals surface area contributed by atoms with Crippen LogP contribution in [0, 0.1) is 0 Å². The molecule has 3 aromatic rings. The van der Waals surface area contributed by atoms with Gasteiger partial charge in [0.05, 0.1) is 23.9 Å². The van der Waals surface area contributed by atoms with Gasteiger partial charge < -0.3 is 14.5 Å². The number of hydrogen-bond acceptors (Lipinski definition) is 5. The Morgan fingerprint density at radius 1 is 1.25 bits per heavy atom. The molecule has 0 fully saturated rings. The van der Waals surface area contributed by atoms with Gasteiger partial charge in [-0.25, -0.2) is 4.79 Å². The number of pyridine rings is 1. The van der Waals surface area contributed by atoms with Crippen LogP contribution in [-0.2, 0) is 16.1 Å². The van der Waals surface area contributed by atoms with Gasteiger partial charge in [0.1, 0.15) is 5.76 Å². The van der Waals surface area contributed by atoms with Crippen LogP contribution in [0.25, 0.3) is 10.9 Å². The molecule has 0 saturated heterocycles. The van der Waals surface area contributed by atoms with E-state index in [2.05, 4.69) is 10.3 Å².